The highest BCUT2D eigenvalue weighted by Gasteiger charge is 2.09. The van der Waals surface area contributed by atoms with Gasteiger partial charge in [-0.05, 0) is 45.5 Å². The second kappa shape index (κ2) is 5.21. The Hall–Kier alpha value is -2.34. The second-order valence-corrected chi connectivity index (χ2v) is 5.88. The highest BCUT2D eigenvalue weighted by molar-refractivity contribution is 5.83. The minimum absolute atomic E-state index is 0.612. The minimum Gasteiger partial charge on any atom is -0.0761 e. The lowest BCUT2D eigenvalue weighted by Crippen LogP contribution is -2.28. The van der Waals surface area contributed by atoms with Gasteiger partial charge in [-0.15, -0.1) is 0 Å². The summed E-state index contributed by atoms with van der Waals surface area (Å²) in [7, 11) is 0. The molecule has 0 bridgehead atoms. The molecule has 0 fully saturated rings. The van der Waals surface area contributed by atoms with E-state index in [-0.39, 0.29) is 0 Å². The molecule has 0 heterocycles. The van der Waals surface area contributed by atoms with Crippen molar-refractivity contribution in [3.63, 3.8) is 0 Å². The summed E-state index contributed by atoms with van der Waals surface area (Å²) in [6.45, 7) is 0. The van der Waals surface area contributed by atoms with E-state index in [1.807, 2.05) is 0 Å². The molecule has 102 valence electrons. The lowest BCUT2D eigenvalue weighted by atomic mass is 9.90. The van der Waals surface area contributed by atoms with Crippen molar-refractivity contribution < 1.29 is 0 Å². The lowest BCUT2D eigenvalue weighted by molar-refractivity contribution is 0.705. The Bertz CT molecular complexity index is 902. The number of rotatable bonds is 2. The SMILES string of the molecule is C1=c2ccccc2=CC(Cc2ccc3ccccc3c2)C1. The van der Waals surface area contributed by atoms with Crippen LogP contribution in [-0.2, 0) is 6.42 Å². The fraction of sp³-hybridized carbons (Fsp3) is 0.143. The number of fused-ring (bicyclic) bond motifs is 2. The third-order valence-corrected chi connectivity index (χ3v) is 4.36. The molecule has 0 heteroatoms. The van der Waals surface area contributed by atoms with Crippen molar-refractivity contribution in [1.82, 2.24) is 0 Å². The third kappa shape index (κ3) is 2.50. The zero-order valence-corrected chi connectivity index (χ0v) is 12.0. The summed E-state index contributed by atoms with van der Waals surface area (Å²) < 4.78 is 0. The van der Waals surface area contributed by atoms with Gasteiger partial charge in [0.15, 0.2) is 0 Å². The molecule has 3 aromatic rings. The van der Waals surface area contributed by atoms with Crippen LogP contribution in [0.1, 0.15) is 12.0 Å². The molecule has 0 nitrogen and oxygen atoms in total. The van der Waals surface area contributed by atoms with Crippen molar-refractivity contribution in [2.75, 3.05) is 0 Å². The normalized spacial score (nSPS) is 16.9. The van der Waals surface area contributed by atoms with E-state index in [0.717, 1.165) is 12.8 Å². The van der Waals surface area contributed by atoms with E-state index in [9.17, 15) is 0 Å². The van der Waals surface area contributed by atoms with Gasteiger partial charge >= 0.3 is 0 Å². The second-order valence-electron chi connectivity index (χ2n) is 5.88. The molecule has 0 spiro atoms. The van der Waals surface area contributed by atoms with Crippen LogP contribution in [0.3, 0.4) is 0 Å². The van der Waals surface area contributed by atoms with Gasteiger partial charge in [-0.25, -0.2) is 0 Å². The summed E-state index contributed by atoms with van der Waals surface area (Å²) in [6, 6.07) is 24.1. The van der Waals surface area contributed by atoms with Gasteiger partial charge in [0, 0.05) is 0 Å². The van der Waals surface area contributed by atoms with E-state index < -0.39 is 0 Å². The molecule has 3 aromatic carbocycles. The molecule has 1 aliphatic rings. The zero-order valence-electron chi connectivity index (χ0n) is 12.0. The first-order chi connectivity index (χ1) is 10.4. The summed E-state index contributed by atoms with van der Waals surface area (Å²) >= 11 is 0. The molecule has 0 aliphatic heterocycles. The van der Waals surface area contributed by atoms with Crippen molar-refractivity contribution >= 4 is 22.9 Å². The molecular weight excluding hydrogens is 252 g/mol. The van der Waals surface area contributed by atoms with Gasteiger partial charge in [-0.1, -0.05) is 78.9 Å². The molecule has 0 saturated heterocycles. The summed E-state index contributed by atoms with van der Waals surface area (Å²) in [5.74, 6) is 0.612. The van der Waals surface area contributed by atoms with E-state index in [2.05, 4.69) is 78.9 Å². The average Bonchev–Trinajstić information content (AvgIpc) is 2.55. The van der Waals surface area contributed by atoms with Gasteiger partial charge < -0.3 is 0 Å². The van der Waals surface area contributed by atoms with Crippen LogP contribution >= 0.6 is 0 Å². The minimum atomic E-state index is 0.612. The molecule has 0 saturated carbocycles. The molecule has 1 aliphatic carbocycles. The first-order valence-electron chi connectivity index (χ1n) is 7.63. The fourth-order valence-electron chi connectivity index (χ4n) is 3.26. The Labute approximate surface area is 125 Å². The van der Waals surface area contributed by atoms with Gasteiger partial charge in [-0.2, -0.15) is 0 Å². The van der Waals surface area contributed by atoms with Crippen molar-refractivity contribution in [2.45, 2.75) is 12.8 Å². The predicted octanol–water partition coefficient (Wildman–Crippen LogP) is 3.66. The van der Waals surface area contributed by atoms with Crippen molar-refractivity contribution in [3.05, 3.63) is 82.7 Å². The average molecular weight is 270 g/mol. The fourth-order valence-corrected chi connectivity index (χ4v) is 3.26. The Morgan fingerprint density at radius 1 is 0.762 bits per heavy atom. The van der Waals surface area contributed by atoms with Crippen molar-refractivity contribution in [1.29, 1.82) is 0 Å². The van der Waals surface area contributed by atoms with Crippen molar-refractivity contribution in [3.8, 4) is 0 Å². The monoisotopic (exact) mass is 270 g/mol. The van der Waals surface area contributed by atoms with E-state index in [0.29, 0.717) is 5.92 Å². The predicted molar refractivity (Wildman–Crippen MR) is 90.4 cm³/mol. The summed E-state index contributed by atoms with van der Waals surface area (Å²) in [5, 5.41) is 5.43. The first kappa shape index (κ1) is 12.4. The maximum absolute atomic E-state index is 2.44. The maximum atomic E-state index is 2.44. The summed E-state index contributed by atoms with van der Waals surface area (Å²) in [6.07, 6.45) is 7.07. The lowest BCUT2D eigenvalue weighted by Gasteiger charge is -2.14. The van der Waals surface area contributed by atoms with Gasteiger partial charge in [0.1, 0.15) is 0 Å². The van der Waals surface area contributed by atoms with Crippen LogP contribution in [-0.4, -0.2) is 0 Å². The molecular formula is C21H18. The molecule has 1 unspecified atom stereocenters. The maximum Gasteiger partial charge on any atom is -0.0149 e. The molecule has 21 heavy (non-hydrogen) atoms. The summed E-state index contributed by atoms with van der Waals surface area (Å²) in [4.78, 5) is 0. The van der Waals surface area contributed by atoms with Gasteiger partial charge in [0.05, 0.1) is 0 Å². The standard InChI is InChI=1S/C21H18/c1-3-7-20-14-16(9-11-18(20)5-1)13-17-10-12-19-6-2-4-8-21(19)15-17/h1-9,11-12,14-15,17H,10,13H2. The number of benzene rings is 3. The van der Waals surface area contributed by atoms with Crippen LogP contribution in [0.2, 0.25) is 0 Å². The Balaban J connectivity index is 1.65. The molecule has 1 atom stereocenters. The highest BCUT2D eigenvalue weighted by Crippen LogP contribution is 2.20. The van der Waals surface area contributed by atoms with Crippen LogP contribution < -0.4 is 10.4 Å². The quantitative estimate of drug-likeness (QED) is 0.666. The number of hydrogen-bond acceptors (Lipinski definition) is 0. The van der Waals surface area contributed by atoms with E-state index in [1.165, 1.54) is 26.8 Å². The smallest absolute Gasteiger partial charge is 0.0149 e. The van der Waals surface area contributed by atoms with E-state index >= 15 is 0 Å². The van der Waals surface area contributed by atoms with Gasteiger partial charge in [-0.3, -0.25) is 0 Å². The summed E-state index contributed by atoms with van der Waals surface area (Å²) in [5.41, 5.74) is 1.43. The molecule has 0 aromatic heterocycles. The topological polar surface area (TPSA) is 0 Å². The molecule has 0 radical (unpaired) electrons. The zero-order chi connectivity index (χ0) is 14.1. The Kier molecular flexibility index (Phi) is 3.08. The molecule has 4 rings (SSSR count). The first-order valence-corrected chi connectivity index (χ1v) is 7.63. The largest absolute Gasteiger partial charge is 0.0761 e. The highest BCUT2D eigenvalue weighted by atomic mass is 14.1. The molecule has 0 amide bonds. The van der Waals surface area contributed by atoms with Crippen LogP contribution in [0.25, 0.3) is 22.9 Å². The molecule has 0 N–H and O–H groups in total. The number of hydrogen-bond donors (Lipinski definition) is 0. The van der Waals surface area contributed by atoms with Crippen LogP contribution in [0.4, 0.5) is 0 Å². The van der Waals surface area contributed by atoms with Gasteiger partial charge in [0.25, 0.3) is 0 Å². The van der Waals surface area contributed by atoms with Crippen LogP contribution in [0.15, 0.2) is 66.7 Å². The Morgan fingerprint density at radius 2 is 1.52 bits per heavy atom. The third-order valence-electron chi connectivity index (χ3n) is 4.36. The van der Waals surface area contributed by atoms with Gasteiger partial charge in [0.2, 0.25) is 0 Å². The van der Waals surface area contributed by atoms with Crippen molar-refractivity contribution in [2.24, 2.45) is 5.92 Å². The van der Waals surface area contributed by atoms with Crippen LogP contribution in [0, 0.1) is 5.92 Å². The van der Waals surface area contributed by atoms with E-state index in [1.54, 1.807) is 0 Å². The van der Waals surface area contributed by atoms with E-state index in [4.69, 9.17) is 0 Å². The van der Waals surface area contributed by atoms with Crippen LogP contribution in [0.5, 0.6) is 0 Å². The Morgan fingerprint density at radius 3 is 2.43 bits per heavy atom.